The van der Waals surface area contributed by atoms with Crippen molar-refractivity contribution in [1.82, 2.24) is 0 Å². The first kappa shape index (κ1) is 43.1. The fourth-order valence-corrected chi connectivity index (χ4v) is 4.16. The van der Waals surface area contributed by atoms with Crippen LogP contribution in [0.15, 0.2) is 67.6 Å². The van der Waals surface area contributed by atoms with E-state index < -0.39 is 0 Å². The van der Waals surface area contributed by atoms with Gasteiger partial charge in [0, 0.05) is 11.1 Å². The van der Waals surface area contributed by atoms with Gasteiger partial charge in [-0.2, -0.15) is 0 Å². The summed E-state index contributed by atoms with van der Waals surface area (Å²) in [7, 11) is 19.3. The Morgan fingerprint density at radius 1 is 0.524 bits per heavy atom. The molecule has 0 atom stereocenters. The van der Waals surface area contributed by atoms with Crippen LogP contribution in [-0.4, -0.2) is 38.4 Å². The van der Waals surface area contributed by atoms with E-state index >= 15 is 0 Å². The average Bonchev–Trinajstić information content (AvgIpc) is 3.27. The Bertz CT molecular complexity index is 1050. The number of hydrogen-bond acceptors (Lipinski definition) is 8. The molecule has 0 aromatic carbocycles. The van der Waals surface area contributed by atoms with Gasteiger partial charge in [-0.05, 0) is 102 Å². The van der Waals surface area contributed by atoms with Crippen LogP contribution in [0.25, 0.3) is 0 Å². The van der Waals surface area contributed by atoms with E-state index in [1.807, 2.05) is 27.7 Å². The number of hydrogen-bond donors (Lipinski definition) is 0. The summed E-state index contributed by atoms with van der Waals surface area (Å²) in [5, 5.41) is 23.7. The van der Waals surface area contributed by atoms with E-state index in [1.54, 1.807) is 41.5 Å². The van der Waals surface area contributed by atoms with Crippen LogP contribution >= 0.6 is 38.8 Å². The second-order valence-electron chi connectivity index (χ2n) is 8.23. The third-order valence-corrected chi connectivity index (χ3v) is 6.04. The molecule has 0 heterocycles. The molecule has 0 radical (unpaired) electrons. The fourth-order valence-electron chi connectivity index (χ4n) is 4.16. The van der Waals surface area contributed by atoms with Gasteiger partial charge < -0.3 is 29.2 Å². The molecule has 0 aromatic heterocycles. The van der Waals surface area contributed by atoms with Crippen molar-refractivity contribution in [3.63, 3.8) is 0 Å². The Balaban J connectivity index is 0. The van der Waals surface area contributed by atoms with Crippen molar-refractivity contribution in [2.75, 3.05) is 26.4 Å². The molecular weight excluding hydrogens is 812 g/mol. The molecule has 0 saturated carbocycles. The van der Waals surface area contributed by atoms with Gasteiger partial charge in [0.2, 0.25) is 0 Å². The normalized spacial score (nSPS) is 16.7. The summed E-state index contributed by atoms with van der Waals surface area (Å²) in [6, 6.07) is 0. The number of rotatable bonds is 8. The van der Waals surface area contributed by atoms with Crippen LogP contribution in [-0.2, 0) is 58.8 Å². The summed E-state index contributed by atoms with van der Waals surface area (Å²) >= 11 is -0.451. The van der Waals surface area contributed by atoms with Crippen LogP contribution in [0.3, 0.4) is 0 Å². The SMILES string of the molecule is CCOC(=O)C1=C(C)/C(=C(\[O-])OCC)C(C)=C1C.CCOC(=O)C1=C(C)/C(=C(\[O-])OCC)C(C)=C1C.[Cl][Rh+][Cl].[Cl][Rh+][Cl]. The Labute approximate surface area is 281 Å². The van der Waals surface area contributed by atoms with Crippen LogP contribution in [0.4, 0.5) is 0 Å². The van der Waals surface area contributed by atoms with Crippen LogP contribution in [0.2, 0.25) is 0 Å². The zero-order chi connectivity index (χ0) is 33.2. The molecule has 244 valence electrons. The van der Waals surface area contributed by atoms with Crippen molar-refractivity contribution < 1.29 is 69.0 Å². The number of esters is 2. The Morgan fingerprint density at radius 3 is 0.976 bits per heavy atom. The molecular formula is C28H38Cl4O8Rh2. The molecule has 0 unspecified atom stereocenters. The van der Waals surface area contributed by atoms with Gasteiger partial charge in [0.1, 0.15) is 0 Å². The molecule has 0 aliphatic heterocycles. The standard InChI is InChI=1S/2C14H20O4.4ClH.2Rh/c2*1-6-17-13(15)11-8(3)9(4)12(10(11)5)14(16)18-7-2;;;;;;/h2*15H,6-7H2,1-5H3;4*1H;;/q;;;;;;2*+3/p-6/b2*13-11+;;;;;;. The van der Waals surface area contributed by atoms with E-state index in [1.165, 1.54) is 0 Å². The fraction of sp³-hybridized carbons (Fsp3) is 0.500. The number of allylic oxidation sites excluding steroid dienone is 6. The van der Waals surface area contributed by atoms with Crippen LogP contribution in [0.1, 0.15) is 69.2 Å². The number of carbonyl (C=O) groups is 2. The quantitative estimate of drug-likeness (QED) is 0.157. The van der Waals surface area contributed by atoms with Crippen molar-refractivity contribution in [1.29, 1.82) is 0 Å². The molecule has 0 fully saturated rings. The predicted molar refractivity (Wildman–Crippen MR) is 156 cm³/mol. The molecule has 0 aromatic rings. The second-order valence-corrected chi connectivity index (χ2v) is 13.2. The molecule has 0 bridgehead atoms. The van der Waals surface area contributed by atoms with E-state index in [0.717, 1.165) is 22.3 Å². The number of halogens is 4. The zero-order valence-corrected chi connectivity index (χ0v) is 31.6. The van der Waals surface area contributed by atoms with Crippen molar-refractivity contribution in [2.24, 2.45) is 0 Å². The molecule has 0 N–H and O–H groups in total. The topological polar surface area (TPSA) is 117 Å². The number of carbonyl (C=O) groups excluding carboxylic acids is 2. The van der Waals surface area contributed by atoms with E-state index in [0.29, 0.717) is 59.9 Å². The summed E-state index contributed by atoms with van der Waals surface area (Å²) in [5.41, 5.74) is 6.36. The van der Waals surface area contributed by atoms with Crippen LogP contribution in [0, 0.1) is 0 Å². The van der Waals surface area contributed by atoms with Gasteiger partial charge >= 0.3 is 81.0 Å². The van der Waals surface area contributed by atoms with Gasteiger partial charge in [0.15, 0.2) is 0 Å². The summed E-state index contributed by atoms with van der Waals surface area (Å²) < 4.78 is 20.0. The van der Waals surface area contributed by atoms with Gasteiger partial charge in [-0.15, -0.1) is 0 Å². The second kappa shape index (κ2) is 23.4. The number of ether oxygens (including phenoxy) is 4. The van der Waals surface area contributed by atoms with Gasteiger partial charge in [-0.3, -0.25) is 0 Å². The van der Waals surface area contributed by atoms with Crippen molar-refractivity contribution in [3.05, 3.63) is 67.6 Å². The first-order valence-corrected chi connectivity index (χ1v) is 21.1. The monoisotopic (exact) mass is 848 g/mol. The van der Waals surface area contributed by atoms with Gasteiger partial charge in [-0.25, -0.2) is 9.59 Å². The minimum absolute atomic E-state index is 0.226. The van der Waals surface area contributed by atoms with Gasteiger partial charge in [-0.1, -0.05) is 13.8 Å². The van der Waals surface area contributed by atoms with E-state index in [9.17, 15) is 19.8 Å². The maximum absolute atomic E-state index is 11.9. The van der Waals surface area contributed by atoms with Crippen LogP contribution < -0.4 is 10.2 Å². The average molecular weight is 850 g/mol. The van der Waals surface area contributed by atoms with E-state index in [-0.39, 0.29) is 54.1 Å². The zero-order valence-electron chi connectivity index (χ0n) is 25.3. The maximum atomic E-state index is 11.9. The van der Waals surface area contributed by atoms with E-state index in [4.69, 9.17) is 57.7 Å². The molecule has 8 nitrogen and oxygen atoms in total. The minimum atomic E-state index is -0.383. The first-order valence-electron chi connectivity index (χ1n) is 12.6. The third kappa shape index (κ3) is 12.5. The Kier molecular flexibility index (Phi) is 24.0. The summed E-state index contributed by atoms with van der Waals surface area (Å²) in [4.78, 5) is 23.7. The van der Waals surface area contributed by atoms with Gasteiger partial charge in [0.25, 0.3) is 0 Å². The summed E-state index contributed by atoms with van der Waals surface area (Å²) in [5.74, 6) is -1.53. The molecule has 2 rings (SSSR count). The Hall–Kier alpha value is -1.01. The molecule has 2 aliphatic rings. The van der Waals surface area contributed by atoms with Crippen molar-refractivity contribution >= 4 is 50.7 Å². The summed E-state index contributed by atoms with van der Waals surface area (Å²) in [6.07, 6.45) is 0. The molecule has 0 saturated heterocycles. The third-order valence-electron chi connectivity index (χ3n) is 6.04. The molecule has 0 amide bonds. The Morgan fingerprint density at radius 2 is 0.762 bits per heavy atom. The van der Waals surface area contributed by atoms with Crippen molar-refractivity contribution in [2.45, 2.75) is 69.2 Å². The van der Waals surface area contributed by atoms with Gasteiger partial charge in [0.05, 0.1) is 36.3 Å². The molecule has 2 aliphatic carbocycles. The molecule has 14 heteroatoms. The summed E-state index contributed by atoms with van der Waals surface area (Å²) in [6.45, 7) is 19.0. The van der Waals surface area contributed by atoms with E-state index in [2.05, 4.69) is 0 Å². The molecule has 0 spiro atoms. The van der Waals surface area contributed by atoms with Crippen molar-refractivity contribution in [3.8, 4) is 0 Å². The first-order chi connectivity index (χ1) is 19.7. The molecule has 42 heavy (non-hydrogen) atoms. The predicted octanol–water partition coefficient (Wildman–Crippen LogP) is 6.40. The van der Waals surface area contributed by atoms with Crippen LogP contribution in [0.5, 0.6) is 0 Å².